The number of carbonyl (C=O) groups is 2. The van der Waals surface area contributed by atoms with Crippen molar-refractivity contribution in [1.82, 2.24) is 10.2 Å². The van der Waals surface area contributed by atoms with Crippen molar-refractivity contribution < 1.29 is 14.0 Å². The molecule has 136 valence electrons. The lowest BCUT2D eigenvalue weighted by molar-refractivity contribution is -0.124. The van der Waals surface area contributed by atoms with E-state index in [0.29, 0.717) is 13.1 Å². The fraction of sp³-hybridized carbons (Fsp3) is 0.300. The van der Waals surface area contributed by atoms with Crippen LogP contribution in [0.3, 0.4) is 0 Å². The first kappa shape index (κ1) is 18.1. The van der Waals surface area contributed by atoms with Crippen LogP contribution < -0.4 is 10.6 Å². The highest BCUT2D eigenvalue weighted by molar-refractivity contribution is 5.88. The molecule has 2 N–H and O–H groups in total. The fourth-order valence-electron chi connectivity index (χ4n) is 3.04. The maximum atomic E-state index is 13.0. The van der Waals surface area contributed by atoms with Gasteiger partial charge in [-0.05, 0) is 41.8 Å². The van der Waals surface area contributed by atoms with E-state index in [1.54, 1.807) is 12.1 Å². The SMILES string of the molecule is CC(=O)Nc1ccc(CNC(=O)CN2CCC2c2ccc(F)cc2)cc1. The quantitative estimate of drug-likeness (QED) is 0.838. The van der Waals surface area contributed by atoms with Gasteiger partial charge in [0, 0.05) is 31.7 Å². The zero-order chi connectivity index (χ0) is 18.5. The van der Waals surface area contributed by atoms with Gasteiger partial charge in [0.05, 0.1) is 6.54 Å². The standard InChI is InChI=1S/C20H22FN3O2/c1-14(25)23-18-8-2-15(3-9-18)12-22-20(26)13-24-11-10-19(24)16-4-6-17(21)7-5-16/h2-9,19H,10-13H2,1H3,(H,22,26)(H,23,25). The Balaban J connectivity index is 1.47. The van der Waals surface area contributed by atoms with Crippen LogP contribution in [0.15, 0.2) is 48.5 Å². The molecular formula is C20H22FN3O2. The summed E-state index contributed by atoms with van der Waals surface area (Å²) in [5.41, 5.74) is 2.74. The van der Waals surface area contributed by atoms with Gasteiger partial charge in [-0.15, -0.1) is 0 Å². The van der Waals surface area contributed by atoms with E-state index < -0.39 is 0 Å². The van der Waals surface area contributed by atoms with E-state index in [2.05, 4.69) is 15.5 Å². The number of rotatable bonds is 6. The molecule has 0 aliphatic carbocycles. The molecule has 1 aliphatic heterocycles. The molecule has 0 radical (unpaired) electrons. The Morgan fingerprint density at radius 2 is 1.81 bits per heavy atom. The predicted octanol–water partition coefficient (Wildman–Crippen LogP) is 2.85. The number of nitrogens with zero attached hydrogens (tertiary/aromatic N) is 1. The summed E-state index contributed by atoms with van der Waals surface area (Å²) in [6.07, 6.45) is 0.976. The van der Waals surface area contributed by atoms with Crippen molar-refractivity contribution >= 4 is 17.5 Å². The summed E-state index contributed by atoms with van der Waals surface area (Å²) in [7, 11) is 0. The minimum atomic E-state index is -0.248. The third-order valence-corrected chi connectivity index (χ3v) is 4.50. The summed E-state index contributed by atoms with van der Waals surface area (Å²) in [6, 6.07) is 14.0. The molecule has 0 spiro atoms. The highest BCUT2D eigenvalue weighted by Gasteiger charge is 2.30. The maximum Gasteiger partial charge on any atom is 0.234 e. The van der Waals surface area contributed by atoms with Crippen molar-refractivity contribution in [3.8, 4) is 0 Å². The molecule has 6 heteroatoms. The van der Waals surface area contributed by atoms with Gasteiger partial charge in [0.2, 0.25) is 11.8 Å². The van der Waals surface area contributed by atoms with Crippen LogP contribution in [0, 0.1) is 5.82 Å². The van der Waals surface area contributed by atoms with Gasteiger partial charge < -0.3 is 10.6 Å². The number of likely N-dealkylation sites (tertiary alicyclic amines) is 1. The molecule has 5 nitrogen and oxygen atoms in total. The van der Waals surface area contributed by atoms with Crippen molar-refractivity contribution in [3.63, 3.8) is 0 Å². The van der Waals surface area contributed by atoms with E-state index in [4.69, 9.17) is 0 Å². The Kier molecular flexibility index (Phi) is 5.63. The van der Waals surface area contributed by atoms with E-state index in [0.717, 1.165) is 29.8 Å². The Bertz CT molecular complexity index is 775. The lowest BCUT2D eigenvalue weighted by atomic mass is 9.95. The van der Waals surface area contributed by atoms with Crippen LogP contribution in [0.5, 0.6) is 0 Å². The number of amides is 2. The third kappa shape index (κ3) is 4.67. The average Bonchev–Trinajstić information content (AvgIpc) is 2.59. The van der Waals surface area contributed by atoms with Crippen LogP contribution in [0.1, 0.15) is 30.5 Å². The van der Waals surface area contributed by atoms with Crippen molar-refractivity contribution in [2.75, 3.05) is 18.4 Å². The zero-order valence-corrected chi connectivity index (χ0v) is 14.7. The van der Waals surface area contributed by atoms with Crippen LogP contribution in [0.2, 0.25) is 0 Å². The van der Waals surface area contributed by atoms with Crippen molar-refractivity contribution in [3.05, 3.63) is 65.5 Å². The summed E-state index contributed by atoms with van der Waals surface area (Å²) < 4.78 is 13.0. The van der Waals surface area contributed by atoms with Gasteiger partial charge in [0.25, 0.3) is 0 Å². The molecule has 2 amide bonds. The highest BCUT2D eigenvalue weighted by atomic mass is 19.1. The Hall–Kier alpha value is -2.73. The van der Waals surface area contributed by atoms with E-state index in [1.807, 2.05) is 24.3 Å². The molecule has 1 heterocycles. The van der Waals surface area contributed by atoms with Crippen LogP contribution in [0.4, 0.5) is 10.1 Å². The van der Waals surface area contributed by atoms with Crippen LogP contribution in [-0.2, 0) is 16.1 Å². The van der Waals surface area contributed by atoms with Gasteiger partial charge in [-0.1, -0.05) is 24.3 Å². The lowest BCUT2D eigenvalue weighted by Crippen LogP contribution is -2.46. The Morgan fingerprint density at radius 3 is 2.38 bits per heavy atom. The molecule has 2 aromatic carbocycles. The normalized spacial score (nSPS) is 16.6. The molecule has 1 aliphatic rings. The Morgan fingerprint density at radius 1 is 1.12 bits per heavy atom. The van der Waals surface area contributed by atoms with Gasteiger partial charge >= 0.3 is 0 Å². The highest BCUT2D eigenvalue weighted by Crippen LogP contribution is 2.32. The third-order valence-electron chi connectivity index (χ3n) is 4.50. The van der Waals surface area contributed by atoms with E-state index >= 15 is 0 Å². The number of carbonyl (C=O) groups excluding carboxylic acids is 2. The second-order valence-electron chi connectivity index (χ2n) is 6.48. The number of benzene rings is 2. The topological polar surface area (TPSA) is 61.4 Å². The number of nitrogens with one attached hydrogen (secondary N) is 2. The zero-order valence-electron chi connectivity index (χ0n) is 14.7. The summed E-state index contributed by atoms with van der Waals surface area (Å²) in [5.74, 6) is -0.402. The van der Waals surface area contributed by atoms with E-state index in [-0.39, 0.29) is 23.7 Å². The molecule has 0 bridgehead atoms. The molecule has 0 saturated carbocycles. The number of halogens is 1. The number of hydrogen-bond acceptors (Lipinski definition) is 3. The van der Waals surface area contributed by atoms with Crippen molar-refractivity contribution in [2.45, 2.75) is 25.9 Å². The summed E-state index contributed by atoms with van der Waals surface area (Å²) in [6.45, 7) is 3.09. The second kappa shape index (κ2) is 8.10. The molecule has 1 fully saturated rings. The van der Waals surface area contributed by atoms with Gasteiger partial charge in [0.1, 0.15) is 5.82 Å². The van der Waals surface area contributed by atoms with Crippen molar-refractivity contribution in [1.29, 1.82) is 0 Å². The van der Waals surface area contributed by atoms with Gasteiger partial charge in [-0.25, -0.2) is 4.39 Å². The first-order valence-electron chi connectivity index (χ1n) is 8.64. The number of anilines is 1. The first-order valence-corrected chi connectivity index (χ1v) is 8.64. The van der Waals surface area contributed by atoms with Crippen LogP contribution >= 0.6 is 0 Å². The largest absolute Gasteiger partial charge is 0.351 e. The van der Waals surface area contributed by atoms with Gasteiger partial charge in [-0.2, -0.15) is 0 Å². The molecule has 3 rings (SSSR count). The average molecular weight is 355 g/mol. The van der Waals surface area contributed by atoms with Crippen molar-refractivity contribution in [2.24, 2.45) is 0 Å². The molecule has 1 atom stereocenters. The molecular weight excluding hydrogens is 333 g/mol. The second-order valence-corrected chi connectivity index (χ2v) is 6.48. The maximum absolute atomic E-state index is 13.0. The minimum Gasteiger partial charge on any atom is -0.351 e. The summed E-state index contributed by atoms with van der Waals surface area (Å²) in [4.78, 5) is 25.3. The Labute approximate surface area is 152 Å². The molecule has 0 aromatic heterocycles. The van der Waals surface area contributed by atoms with E-state index in [9.17, 15) is 14.0 Å². The van der Waals surface area contributed by atoms with E-state index in [1.165, 1.54) is 19.1 Å². The molecule has 2 aromatic rings. The van der Waals surface area contributed by atoms with Crippen LogP contribution in [0.25, 0.3) is 0 Å². The number of hydrogen-bond donors (Lipinski definition) is 2. The van der Waals surface area contributed by atoms with Gasteiger partial charge in [0.15, 0.2) is 0 Å². The van der Waals surface area contributed by atoms with Gasteiger partial charge in [-0.3, -0.25) is 14.5 Å². The smallest absolute Gasteiger partial charge is 0.234 e. The first-order chi connectivity index (χ1) is 12.5. The fourth-order valence-corrected chi connectivity index (χ4v) is 3.04. The minimum absolute atomic E-state index is 0.0391. The van der Waals surface area contributed by atoms with Crippen LogP contribution in [-0.4, -0.2) is 29.8 Å². The molecule has 1 unspecified atom stereocenters. The molecule has 26 heavy (non-hydrogen) atoms. The summed E-state index contributed by atoms with van der Waals surface area (Å²) in [5, 5.41) is 5.62. The lowest BCUT2D eigenvalue weighted by Gasteiger charge is -2.40. The monoisotopic (exact) mass is 355 g/mol. The summed E-state index contributed by atoms with van der Waals surface area (Å²) >= 11 is 0. The molecule has 1 saturated heterocycles. The predicted molar refractivity (Wildman–Crippen MR) is 97.9 cm³/mol.